The summed E-state index contributed by atoms with van der Waals surface area (Å²) < 4.78 is 0. The Labute approximate surface area is 115 Å². The zero-order chi connectivity index (χ0) is 14.6. The van der Waals surface area contributed by atoms with Crippen molar-refractivity contribution in [3.8, 4) is 0 Å². The number of piperidine rings is 1. The molecule has 1 rings (SSSR count). The minimum atomic E-state index is -1.00. The van der Waals surface area contributed by atoms with Crippen LogP contribution in [0.1, 0.15) is 47.0 Å². The van der Waals surface area contributed by atoms with E-state index in [1.165, 1.54) is 6.42 Å². The quantitative estimate of drug-likeness (QED) is 0.794. The summed E-state index contributed by atoms with van der Waals surface area (Å²) in [4.78, 5) is 25.1. The number of nitrogens with zero attached hydrogens (tertiary/aromatic N) is 1. The average molecular weight is 270 g/mol. The van der Waals surface area contributed by atoms with E-state index in [2.05, 4.69) is 24.1 Å². The molecular formula is C14H26N2O3. The van der Waals surface area contributed by atoms with Crippen LogP contribution < -0.4 is 5.32 Å². The van der Waals surface area contributed by atoms with Crippen molar-refractivity contribution in [2.24, 2.45) is 5.92 Å². The molecule has 0 spiro atoms. The number of carboxylic acids is 1. The second-order valence-corrected chi connectivity index (χ2v) is 5.88. The molecule has 5 nitrogen and oxygen atoms in total. The summed E-state index contributed by atoms with van der Waals surface area (Å²) in [6.07, 6.45) is 3.39. The van der Waals surface area contributed by atoms with Crippen LogP contribution in [0.2, 0.25) is 0 Å². The van der Waals surface area contributed by atoms with Crippen LogP contribution in [0.4, 0.5) is 0 Å². The zero-order valence-corrected chi connectivity index (χ0v) is 12.3. The molecule has 3 unspecified atom stereocenters. The van der Waals surface area contributed by atoms with Crippen molar-refractivity contribution in [2.75, 3.05) is 6.54 Å². The molecular weight excluding hydrogens is 244 g/mol. The molecule has 1 fully saturated rings. The first-order chi connectivity index (χ1) is 8.84. The number of nitrogens with one attached hydrogen (secondary N) is 1. The van der Waals surface area contributed by atoms with Gasteiger partial charge in [-0.2, -0.15) is 0 Å². The molecule has 5 heteroatoms. The van der Waals surface area contributed by atoms with Gasteiger partial charge in [-0.3, -0.25) is 14.5 Å². The van der Waals surface area contributed by atoms with Crippen molar-refractivity contribution in [1.29, 1.82) is 0 Å². The Morgan fingerprint density at radius 2 is 1.79 bits per heavy atom. The van der Waals surface area contributed by atoms with E-state index >= 15 is 0 Å². The fourth-order valence-electron chi connectivity index (χ4n) is 3.04. The summed E-state index contributed by atoms with van der Waals surface area (Å²) in [5.41, 5.74) is 0. The fraction of sp³-hybridized carbons (Fsp3) is 0.857. The fourth-order valence-corrected chi connectivity index (χ4v) is 3.04. The Balaban J connectivity index is 2.80. The second kappa shape index (κ2) is 6.89. The van der Waals surface area contributed by atoms with E-state index in [0.717, 1.165) is 12.8 Å². The number of amides is 1. The molecule has 110 valence electrons. The van der Waals surface area contributed by atoms with E-state index in [9.17, 15) is 9.59 Å². The van der Waals surface area contributed by atoms with Gasteiger partial charge in [0.15, 0.2) is 0 Å². The van der Waals surface area contributed by atoms with E-state index in [1.807, 2.05) is 13.8 Å². The van der Waals surface area contributed by atoms with Gasteiger partial charge in [0.1, 0.15) is 6.54 Å². The van der Waals surface area contributed by atoms with Gasteiger partial charge in [0.25, 0.3) is 0 Å². The van der Waals surface area contributed by atoms with Gasteiger partial charge in [0, 0.05) is 12.1 Å². The topological polar surface area (TPSA) is 69.6 Å². The Kier molecular flexibility index (Phi) is 5.79. The van der Waals surface area contributed by atoms with Crippen LogP contribution in [-0.2, 0) is 9.59 Å². The van der Waals surface area contributed by atoms with Gasteiger partial charge in [0.2, 0.25) is 5.91 Å². The maximum absolute atomic E-state index is 12.3. The molecule has 1 saturated heterocycles. The first-order valence-electron chi connectivity index (χ1n) is 7.11. The molecule has 1 amide bonds. The summed E-state index contributed by atoms with van der Waals surface area (Å²) in [5.74, 6) is -1.01. The van der Waals surface area contributed by atoms with Gasteiger partial charge in [-0.15, -0.1) is 0 Å². The van der Waals surface area contributed by atoms with Crippen LogP contribution in [-0.4, -0.2) is 46.6 Å². The SMILES string of the molecule is CC(C)C(C(=O)NCC(=O)O)N1C(C)CCCC1C. The minimum Gasteiger partial charge on any atom is -0.480 e. The van der Waals surface area contributed by atoms with E-state index < -0.39 is 5.97 Å². The molecule has 0 aromatic heterocycles. The number of likely N-dealkylation sites (tertiary alicyclic amines) is 1. The Bertz CT molecular complexity index is 321. The minimum absolute atomic E-state index is 0.164. The lowest BCUT2D eigenvalue weighted by Gasteiger charge is -2.45. The molecule has 0 radical (unpaired) electrons. The van der Waals surface area contributed by atoms with E-state index in [0.29, 0.717) is 12.1 Å². The highest BCUT2D eigenvalue weighted by molar-refractivity contribution is 5.85. The average Bonchev–Trinajstić information content (AvgIpc) is 2.30. The predicted molar refractivity (Wildman–Crippen MR) is 73.9 cm³/mol. The van der Waals surface area contributed by atoms with Gasteiger partial charge in [-0.05, 0) is 32.6 Å². The zero-order valence-electron chi connectivity index (χ0n) is 12.3. The molecule has 19 heavy (non-hydrogen) atoms. The maximum Gasteiger partial charge on any atom is 0.322 e. The summed E-state index contributed by atoms with van der Waals surface area (Å²) in [5, 5.41) is 11.2. The standard InChI is InChI=1S/C14H26N2O3/c1-9(2)13(14(19)15-8-12(17)18)16-10(3)6-5-7-11(16)4/h9-11,13H,5-8H2,1-4H3,(H,15,19)(H,17,18). The number of hydrogen-bond donors (Lipinski definition) is 2. The van der Waals surface area contributed by atoms with Crippen LogP contribution in [0.15, 0.2) is 0 Å². The molecule has 0 bridgehead atoms. The molecule has 2 N–H and O–H groups in total. The van der Waals surface area contributed by atoms with Crippen molar-refractivity contribution in [3.63, 3.8) is 0 Å². The highest BCUT2D eigenvalue weighted by Crippen LogP contribution is 2.27. The van der Waals surface area contributed by atoms with Crippen molar-refractivity contribution in [3.05, 3.63) is 0 Å². The first kappa shape index (κ1) is 16.0. The lowest BCUT2D eigenvalue weighted by molar-refractivity contribution is -0.140. The smallest absolute Gasteiger partial charge is 0.322 e. The summed E-state index contributed by atoms with van der Waals surface area (Å²) in [6, 6.07) is 0.489. The van der Waals surface area contributed by atoms with Crippen LogP contribution in [0.25, 0.3) is 0 Å². The van der Waals surface area contributed by atoms with Crippen LogP contribution in [0.5, 0.6) is 0 Å². The third kappa shape index (κ3) is 4.20. The van der Waals surface area contributed by atoms with Gasteiger partial charge < -0.3 is 10.4 Å². The van der Waals surface area contributed by atoms with Crippen molar-refractivity contribution >= 4 is 11.9 Å². The Morgan fingerprint density at radius 1 is 1.26 bits per heavy atom. The highest BCUT2D eigenvalue weighted by atomic mass is 16.4. The number of rotatable bonds is 5. The molecule has 0 aromatic rings. The maximum atomic E-state index is 12.3. The number of carbonyl (C=O) groups is 2. The first-order valence-corrected chi connectivity index (χ1v) is 7.11. The number of carbonyl (C=O) groups excluding carboxylic acids is 1. The molecule has 1 heterocycles. The lowest BCUT2D eigenvalue weighted by Crippen LogP contribution is -2.58. The van der Waals surface area contributed by atoms with E-state index in [4.69, 9.17) is 5.11 Å². The molecule has 0 saturated carbocycles. The van der Waals surface area contributed by atoms with Crippen molar-refractivity contribution < 1.29 is 14.7 Å². The van der Waals surface area contributed by atoms with E-state index in [-0.39, 0.29) is 24.4 Å². The largest absolute Gasteiger partial charge is 0.480 e. The third-order valence-electron chi connectivity index (χ3n) is 3.90. The molecule has 0 aliphatic carbocycles. The van der Waals surface area contributed by atoms with Crippen LogP contribution in [0, 0.1) is 5.92 Å². The van der Waals surface area contributed by atoms with Gasteiger partial charge in [-0.1, -0.05) is 20.3 Å². The second-order valence-electron chi connectivity index (χ2n) is 5.88. The highest BCUT2D eigenvalue weighted by Gasteiger charge is 2.36. The normalized spacial score (nSPS) is 26.2. The van der Waals surface area contributed by atoms with E-state index in [1.54, 1.807) is 0 Å². The van der Waals surface area contributed by atoms with Crippen LogP contribution >= 0.6 is 0 Å². The van der Waals surface area contributed by atoms with Gasteiger partial charge >= 0.3 is 5.97 Å². The van der Waals surface area contributed by atoms with Crippen LogP contribution in [0.3, 0.4) is 0 Å². The number of hydrogen-bond acceptors (Lipinski definition) is 3. The number of aliphatic carboxylic acids is 1. The Morgan fingerprint density at radius 3 is 2.21 bits per heavy atom. The predicted octanol–water partition coefficient (Wildman–Crippen LogP) is 1.47. The van der Waals surface area contributed by atoms with Crippen molar-refractivity contribution in [1.82, 2.24) is 10.2 Å². The summed E-state index contributed by atoms with van der Waals surface area (Å²) in [7, 11) is 0. The van der Waals surface area contributed by atoms with Crippen molar-refractivity contribution in [2.45, 2.75) is 65.1 Å². The molecule has 1 aliphatic rings. The summed E-state index contributed by atoms with van der Waals surface area (Å²) >= 11 is 0. The van der Waals surface area contributed by atoms with Gasteiger partial charge in [-0.25, -0.2) is 0 Å². The lowest BCUT2D eigenvalue weighted by atomic mass is 9.91. The summed E-state index contributed by atoms with van der Waals surface area (Å²) in [6.45, 7) is 8.02. The molecule has 1 aliphatic heterocycles. The molecule has 0 aromatic carbocycles. The monoisotopic (exact) mass is 270 g/mol. The Hall–Kier alpha value is -1.10. The van der Waals surface area contributed by atoms with Gasteiger partial charge in [0.05, 0.1) is 6.04 Å². The molecule has 3 atom stereocenters. The third-order valence-corrected chi connectivity index (χ3v) is 3.90. The number of carboxylic acid groups (broad SMARTS) is 1.